The largest absolute Gasteiger partial charge is 0.389 e. The van der Waals surface area contributed by atoms with Crippen molar-refractivity contribution in [3.8, 4) is 0 Å². The van der Waals surface area contributed by atoms with Gasteiger partial charge in [0.2, 0.25) is 0 Å². The van der Waals surface area contributed by atoms with Gasteiger partial charge in [0.1, 0.15) is 0 Å². The van der Waals surface area contributed by atoms with Crippen LogP contribution in [0.5, 0.6) is 0 Å². The van der Waals surface area contributed by atoms with Crippen LogP contribution in [0.3, 0.4) is 0 Å². The first kappa shape index (κ1) is 14.8. The van der Waals surface area contributed by atoms with Gasteiger partial charge in [0, 0.05) is 34.9 Å². The van der Waals surface area contributed by atoms with Crippen molar-refractivity contribution in [1.82, 2.24) is 15.6 Å². The highest BCUT2D eigenvalue weighted by molar-refractivity contribution is 6.23. The molecule has 1 aromatic heterocycles. The zero-order chi connectivity index (χ0) is 16.5. The van der Waals surface area contributed by atoms with E-state index in [4.69, 9.17) is 0 Å². The molecule has 0 radical (unpaired) electrons. The van der Waals surface area contributed by atoms with Crippen molar-refractivity contribution in [3.05, 3.63) is 66.0 Å². The molecule has 1 aliphatic carbocycles. The van der Waals surface area contributed by atoms with E-state index < -0.39 is 6.10 Å². The Morgan fingerprint density at radius 2 is 2.12 bits per heavy atom. The lowest BCUT2D eigenvalue weighted by atomic mass is 9.96. The van der Waals surface area contributed by atoms with Crippen molar-refractivity contribution >= 4 is 22.4 Å². The van der Waals surface area contributed by atoms with E-state index in [2.05, 4.69) is 15.6 Å². The van der Waals surface area contributed by atoms with Gasteiger partial charge >= 0.3 is 0 Å². The number of aliphatic hydroxyl groups is 1. The molecule has 2 aliphatic rings. The third-order valence-electron chi connectivity index (χ3n) is 4.38. The number of aromatic nitrogens is 1. The molecule has 1 aromatic carbocycles. The number of allylic oxidation sites excluding steroid dienone is 1. The Labute approximate surface area is 139 Å². The molecular weight excluding hydrogens is 302 g/mol. The highest BCUT2D eigenvalue weighted by atomic mass is 16.3. The molecule has 24 heavy (non-hydrogen) atoms. The monoisotopic (exact) mass is 321 g/mol. The van der Waals surface area contributed by atoms with Gasteiger partial charge in [-0.3, -0.25) is 4.79 Å². The SMILES string of the molecule is O=C1NCC(NC2=CC(O)CC=C2)C=C1c1cccc2[nH]ccc12. The number of hydrogen-bond donors (Lipinski definition) is 4. The van der Waals surface area contributed by atoms with Crippen LogP contribution in [-0.2, 0) is 4.79 Å². The van der Waals surface area contributed by atoms with Crippen LogP contribution in [-0.4, -0.2) is 34.7 Å². The van der Waals surface area contributed by atoms with E-state index in [0.717, 1.165) is 22.2 Å². The summed E-state index contributed by atoms with van der Waals surface area (Å²) in [5.74, 6) is -0.0602. The second kappa shape index (κ2) is 6.02. The third kappa shape index (κ3) is 2.74. The lowest BCUT2D eigenvalue weighted by molar-refractivity contribution is -0.115. The summed E-state index contributed by atoms with van der Waals surface area (Å²) < 4.78 is 0. The van der Waals surface area contributed by atoms with E-state index in [1.54, 1.807) is 6.08 Å². The highest BCUT2D eigenvalue weighted by Gasteiger charge is 2.23. The Morgan fingerprint density at radius 1 is 1.21 bits per heavy atom. The van der Waals surface area contributed by atoms with Gasteiger partial charge in [-0.2, -0.15) is 0 Å². The molecule has 2 atom stereocenters. The average Bonchev–Trinajstić information content (AvgIpc) is 3.05. The molecule has 4 N–H and O–H groups in total. The van der Waals surface area contributed by atoms with E-state index in [1.807, 2.05) is 48.7 Å². The van der Waals surface area contributed by atoms with Crippen LogP contribution in [0.4, 0.5) is 0 Å². The zero-order valence-electron chi connectivity index (χ0n) is 13.1. The smallest absolute Gasteiger partial charge is 0.251 e. The molecule has 0 saturated heterocycles. The van der Waals surface area contributed by atoms with Crippen LogP contribution in [0.2, 0.25) is 0 Å². The van der Waals surface area contributed by atoms with Gasteiger partial charge in [-0.1, -0.05) is 18.2 Å². The van der Waals surface area contributed by atoms with Gasteiger partial charge in [0.15, 0.2) is 0 Å². The molecule has 0 saturated carbocycles. The minimum atomic E-state index is -0.451. The van der Waals surface area contributed by atoms with E-state index in [9.17, 15) is 9.90 Å². The van der Waals surface area contributed by atoms with Crippen molar-refractivity contribution in [2.75, 3.05) is 6.54 Å². The van der Waals surface area contributed by atoms with Crippen molar-refractivity contribution in [2.45, 2.75) is 18.6 Å². The number of benzene rings is 1. The van der Waals surface area contributed by atoms with Crippen molar-refractivity contribution < 1.29 is 9.90 Å². The third-order valence-corrected chi connectivity index (χ3v) is 4.38. The average molecular weight is 321 g/mol. The summed E-state index contributed by atoms with van der Waals surface area (Å²) in [6, 6.07) is 7.87. The number of hydrogen-bond acceptors (Lipinski definition) is 3. The Kier molecular flexibility index (Phi) is 3.70. The number of nitrogens with one attached hydrogen (secondary N) is 3. The predicted molar refractivity (Wildman–Crippen MR) is 94.1 cm³/mol. The van der Waals surface area contributed by atoms with Crippen LogP contribution in [0.25, 0.3) is 16.5 Å². The number of aromatic amines is 1. The summed E-state index contributed by atoms with van der Waals surface area (Å²) >= 11 is 0. The number of rotatable bonds is 3. The fourth-order valence-corrected chi connectivity index (χ4v) is 3.23. The molecule has 0 bridgehead atoms. The lowest BCUT2D eigenvalue weighted by Gasteiger charge is -2.25. The van der Waals surface area contributed by atoms with Gasteiger partial charge in [-0.05, 0) is 42.3 Å². The van der Waals surface area contributed by atoms with Crippen molar-refractivity contribution in [1.29, 1.82) is 0 Å². The molecule has 2 aromatic rings. The van der Waals surface area contributed by atoms with E-state index in [0.29, 0.717) is 18.5 Å². The standard InChI is InChI=1S/C19H19N3O2/c23-14-4-1-3-12(9-14)22-13-10-17(19(24)21-11-13)15-5-2-6-18-16(15)7-8-20-18/h1-3,5-10,13-14,20,22-23H,4,11H2,(H,21,24). The quantitative estimate of drug-likeness (QED) is 0.697. The summed E-state index contributed by atoms with van der Waals surface area (Å²) in [5, 5.41) is 17.1. The maximum absolute atomic E-state index is 12.4. The molecule has 122 valence electrons. The minimum Gasteiger partial charge on any atom is -0.389 e. The number of amides is 1. The normalized spacial score (nSPS) is 23.6. The van der Waals surface area contributed by atoms with Crippen LogP contribution < -0.4 is 10.6 Å². The summed E-state index contributed by atoms with van der Waals surface area (Å²) in [5.41, 5.74) is 3.48. The number of fused-ring (bicyclic) bond motifs is 1. The molecule has 0 spiro atoms. The van der Waals surface area contributed by atoms with Crippen LogP contribution in [0.1, 0.15) is 12.0 Å². The van der Waals surface area contributed by atoms with Crippen molar-refractivity contribution in [2.24, 2.45) is 0 Å². The molecule has 1 aliphatic heterocycles. The first-order valence-corrected chi connectivity index (χ1v) is 8.10. The number of carbonyl (C=O) groups is 1. The second-order valence-electron chi connectivity index (χ2n) is 6.11. The highest BCUT2D eigenvalue weighted by Crippen LogP contribution is 2.26. The summed E-state index contributed by atoms with van der Waals surface area (Å²) in [6.45, 7) is 0.521. The molecule has 0 fully saturated rings. The molecule has 2 unspecified atom stereocenters. The molecule has 1 amide bonds. The Hall–Kier alpha value is -2.79. The zero-order valence-corrected chi connectivity index (χ0v) is 13.1. The fourth-order valence-electron chi connectivity index (χ4n) is 3.23. The summed E-state index contributed by atoms with van der Waals surface area (Å²) in [4.78, 5) is 15.5. The molecular formula is C19H19N3O2. The first-order valence-electron chi connectivity index (χ1n) is 8.10. The van der Waals surface area contributed by atoms with Gasteiger partial charge in [0.25, 0.3) is 5.91 Å². The van der Waals surface area contributed by atoms with E-state index >= 15 is 0 Å². The predicted octanol–water partition coefficient (Wildman–Crippen LogP) is 1.84. The summed E-state index contributed by atoms with van der Waals surface area (Å²) in [6.07, 6.45) is 9.75. The molecule has 5 heteroatoms. The molecule has 4 rings (SSSR count). The van der Waals surface area contributed by atoms with Crippen molar-refractivity contribution in [3.63, 3.8) is 0 Å². The topological polar surface area (TPSA) is 77.2 Å². The molecule has 2 heterocycles. The fraction of sp³-hybridized carbons (Fsp3) is 0.211. The second-order valence-corrected chi connectivity index (χ2v) is 6.11. The first-order chi connectivity index (χ1) is 11.7. The summed E-state index contributed by atoms with van der Waals surface area (Å²) in [7, 11) is 0. The maximum atomic E-state index is 12.4. The number of H-pyrrole nitrogens is 1. The maximum Gasteiger partial charge on any atom is 0.251 e. The van der Waals surface area contributed by atoms with Crippen LogP contribution >= 0.6 is 0 Å². The van der Waals surface area contributed by atoms with Gasteiger partial charge < -0.3 is 20.7 Å². The Morgan fingerprint density at radius 3 is 3.00 bits per heavy atom. The minimum absolute atomic E-state index is 0.0203. The number of carbonyl (C=O) groups excluding carboxylic acids is 1. The molecule has 5 nitrogen and oxygen atoms in total. The lowest BCUT2D eigenvalue weighted by Crippen LogP contribution is -2.43. The van der Waals surface area contributed by atoms with Crippen LogP contribution in [0.15, 0.2) is 60.5 Å². The van der Waals surface area contributed by atoms with Crippen LogP contribution in [0, 0.1) is 0 Å². The number of aliphatic hydroxyl groups excluding tert-OH is 1. The van der Waals surface area contributed by atoms with Gasteiger partial charge in [0.05, 0.1) is 12.1 Å². The van der Waals surface area contributed by atoms with Gasteiger partial charge in [-0.25, -0.2) is 0 Å². The van der Waals surface area contributed by atoms with E-state index in [1.165, 1.54) is 0 Å². The Balaban J connectivity index is 1.66. The van der Waals surface area contributed by atoms with E-state index in [-0.39, 0.29) is 11.9 Å². The Bertz CT molecular complexity index is 876. The van der Waals surface area contributed by atoms with Gasteiger partial charge in [-0.15, -0.1) is 0 Å².